The van der Waals surface area contributed by atoms with Gasteiger partial charge in [0.25, 0.3) is 0 Å². The zero-order valence-electron chi connectivity index (χ0n) is 12.5. The number of amides is 1. The van der Waals surface area contributed by atoms with Gasteiger partial charge in [0.2, 0.25) is 5.91 Å². The predicted octanol–water partition coefficient (Wildman–Crippen LogP) is 4.07. The van der Waals surface area contributed by atoms with E-state index in [9.17, 15) is 4.79 Å². The van der Waals surface area contributed by atoms with Crippen LogP contribution in [0.15, 0.2) is 29.8 Å². The van der Waals surface area contributed by atoms with Crippen molar-refractivity contribution in [2.75, 3.05) is 18.4 Å². The summed E-state index contributed by atoms with van der Waals surface area (Å²) in [5, 5.41) is 6.79. The highest BCUT2D eigenvalue weighted by atomic mass is 35.5. The van der Waals surface area contributed by atoms with Gasteiger partial charge in [-0.25, -0.2) is 0 Å². The van der Waals surface area contributed by atoms with E-state index in [4.69, 9.17) is 11.6 Å². The highest BCUT2D eigenvalue weighted by Gasteiger charge is 2.06. The third-order valence-electron chi connectivity index (χ3n) is 3.76. The van der Waals surface area contributed by atoms with Crippen LogP contribution in [0.4, 0.5) is 5.69 Å². The molecule has 0 bridgehead atoms. The van der Waals surface area contributed by atoms with Crippen LogP contribution in [-0.2, 0) is 4.79 Å². The molecule has 1 aliphatic carbocycles. The van der Waals surface area contributed by atoms with Crippen LogP contribution < -0.4 is 10.6 Å². The summed E-state index contributed by atoms with van der Waals surface area (Å²) < 4.78 is 0. The van der Waals surface area contributed by atoms with E-state index in [0.717, 1.165) is 24.2 Å². The Labute approximate surface area is 131 Å². The second-order valence-electron chi connectivity index (χ2n) is 5.54. The number of halogens is 1. The molecule has 0 aliphatic heterocycles. The minimum absolute atomic E-state index is 0.0157. The lowest BCUT2D eigenvalue weighted by Gasteiger charge is -2.13. The normalized spacial score (nSPS) is 14.7. The van der Waals surface area contributed by atoms with Gasteiger partial charge in [0.1, 0.15) is 0 Å². The maximum Gasteiger partial charge on any atom is 0.238 e. The van der Waals surface area contributed by atoms with Crippen molar-refractivity contribution in [3.63, 3.8) is 0 Å². The molecule has 1 aliphatic rings. The Balaban J connectivity index is 1.68. The Kier molecular flexibility index (Phi) is 6.27. The van der Waals surface area contributed by atoms with Crippen molar-refractivity contribution < 1.29 is 4.79 Å². The summed E-state index contributed by atoms with van der Waals surface area (Å²) >= 11 is 5.90. The molecule has 2 N–H and O–H groups in total. The van der Waals surface area contributed by atoms with Crippen LogP contribution in [0.5, 0.6) is 0 Å². The molecular formula is C17H23ClN2O. The molecule has 0 atom stereocenters. The van der Waals surface area contributed by atoms with Gasteiger partial charge in [0.05, 0.1) is 6.54 Å². The molecule has 1 aromatic rings. The molecule has 114 valence electrons. The molecule has 21 heavy (non-hydrogen) atoms. The molecule has 1 aromatic carbocycles. The zero-order valence-corrected chi connectivity index (χ0v) is 13.3. The van der Waals surface area contributed by atoms with E-state index in [1.54, 1.807) is 6.07 Å². The Morgan fingerprint density at radius 2 is 2.19 bits per heavy atom. The van der Waals surface area contributed by atoms with E-state index in [1.165, 1.54) is 31.3 Å². The van der Waals surface area contributed by atoms with Gasteiger partial charge in [-0.3, -0.25) is 4.79 Å². The number of allylic oxidation sites excluding steroid dienone is 1. The van der Waals surface area contributed by atoms with Crippen LogP contribution in [0.3, 0.4) is 0 Å². The fourth-order valence-electron chi connectivity index (χ4n) is 2.54. The Morgan fingerprint density at radius 1 is 1.33 bits per heavy atom. The minimum Gasteiger partial charge on any atom is -0.325 e. The number of hydrogen-bond donors (Lipinski definition) is 2. The lowest BCUT2D eigenvalue weighted by molar-refractivity contribution is -0.115. The Morgan fingerprint density at radius 3 is 2.90 bits per heavy atom. The quantitative estimate of drug-likeness (QED) is 0.614. The zero-order chi connectivity index (χ0) is 15.1. The van der Waals surface area contributed by atoms with Crippen LogP contribution >= 0.6 is 11.6 Å². The van der Waals surface area contributed by atoms with Crippen molar-refractivity contribution in [3.05, 3.63) is 40.4 Å². The first-order valence-electron chi connectivity index (χ1n) is 7.60. The summed E-state index contributed by atoms with van der Waals surface area (Å²) in [6.07, 6.45) is 8.46. The topological polar surface area (TPSA) is 41.1 Å². The number of aryl methyl sites for hydroxylation is 1. The highest BCUT2D eigenvalue weighted by Crippen LogP contribution is 2.20. The number of carbonyl (C=O) groups excluding carboxylic acids is 1. The average molecular weight is 307 g/mol. The molecule has 1 amide bonds. The molecule has 0 saturated heterocycles. The van der Waals surface area contributed by atoms with Crippen LogP contribution in [0.25, 0.3) is 0 Å². The second kappa shape index (κ2) is 8.20. The van der Waals surface area contributed by atoms with E-state index in [0.29, 0.717) is 11.6 Å². The number of nitrogens with one attached hydrogen (secondary N) is 2. The lowest BCUT2D eigenvalue weighted by atomic mass is 9.97. The first-order chi connectivity index (χ1) is 10.1. The van der Waals surface area contributed by atoms with E-state index in [-0.39, 0.29) is 5.91 Å². The molecule has 2 rings (SSSR count). The molecule has 0 saturated carbocycles. The van der Waals surface area contributed by atoms with Gasteiger partial charge in [-0.2, -0.15) is 0 Å². The smallest absolute Gasteiger partial charge is 0.238 e. The maximum atomic E-state index is 11.9. The largest absolute Gasteiger partial charge is 0.325 e. The third-order valence-corrected chi connectivity index (χ3v) is 3.99. The van der Waals surface area contributed by atoms with E-state index >= 15 is 0 Å². The molecular weight excluding hydrogens is 284 g/mol. The van der Waals surface area contributed by atoms with Crippen molar-refractivity contribution in [2.24, 2.45) is 0 Å². The lowest BCUT2D eigenvalue weighted by Crippen LogP contribution is -2.29. The van der Waals surface area contributed by atoms with Crippen LogP contribution in [0.2, 0.25) is 5.02 Å². The summed E-state index contributed by atoms with van der Waals surface area (Å²) in [5.41, 5.74) is 3.33. The molecule has 0 spiro atoms. The van der Waals surface area contributed by atoms with Crippen LogP contribution in [0, 0.1) is 6.92 Å². The first-order valence-corrected chi connectivity index (χ1v) is 7.97. The minimum atomic E-state index is -0.0157. The Bertz CT molecular complexity index is 526. The molecule has 4 heteroatoms. The highest BCUT2D eigenvalue weighted by molar-refractivity contribution is 6.30. The number of hydrogen-bond acceptors (Lipinski definition) is 2. The first kappa shape index (κ1) is 16.1. The van der Waals surface area contributed by atoms with E-state index in [2.05, 4.69) is 16.7 Å². The van der Waals surface area contributed by atoms with Crippen molar-refractivity contribution in [1.29, 1.82) is 0 Å². The average Bonchev–Trinajstić information content (AvgIpc) is 2.48. The molecule has 0 heterocycles. The molecule has 0 aromatic heterocycles. The van der Waals surface area contributed by atoms with Crippen molar-refractivity contribution in [1.82, 2.24) is 5.32 Å². The van der Waals surface area contributed by atoms with Gasteiger partial charge in [-0.15, -0.1) is 0 Å². The van der Waals surface area contributed by atoms with Gasteiger partial charge in [0.15, 0.2) is 0 Å². The van der Waals surface area contributed by atoms with Crippen molar-refractivity contribution in [2.45, 2.75) is 39.0 Å². The van der Waals surface area contributed by atoms with Gasteiger partial charge in [0, 0.05) is 10.7 Å². The number of benzene rings is 1. The molecule has 3 nitrogen and oxygen atoms in total. The van der Waals surface area contributed by atoms with Gasteiger partial charge >= 0.3 is 0 Å². The van der Waals surface area contributed by atoms with Crippen molar-refractivity contribution >= 4 is 23.2 Å². The van der Waals surface area contributed by atoms with Crippen molar-refractivity contribution in [3.8, 4) is 0 Å². The standard InChI is InChI=1S/C17H23ClN2O/c1-13-11-15(18)7-8-16(13)20-17(21)12-19-10-9-14-5-3-2-4-6-14/h5,7-8,11,19H,2-4,6,9-10,12H2,1H3,(H,20,21). The molecule has 0 fully saturated rings. The van der Waals surface area contributed by atoms with Gasteiger partial charge < -0.3 is 10.6 Å². The number of rotatable bonds is 6. The number of carbonyl (C=O) groups is 1. The predicted molar refractivity (Wildman–Crippen MR) is 88.9 cm³/mol. The summed E-state index contributed by atoms with van der Waals surface area (Å²) in [6, 6.07) is 5.47. The number of anilines is 1. The Hall–Kier alpha value is -1.32. The SMILES string of the molecule is Cc1cc(Cl)ccc1NC(=O)CNCCC1=CCCCC1. The fraction of sp³-hybridized carbons (Fsp3) is 0.471. The fourth-order valence-corrected chi connectivity index (χ4v) is 2.77. The van der Waals surface area contributed by atoms with Gasteiger partial charge in [-0.05, 0) is 69.3 Å². The third kappa shape index (κ3) is 5.52. The molecule has 0 unspecified atom stereocenters. The maximum absolute atomic E-state index is 11.9. The summed E-state index contributed by atoms with van der Waals surface area (Å²) in [6.45, 7) is 3.14. The van der Waals surface area contributed by atoms with Gasteiger partial charge in [-0.1, -0.05) is 23.3 Å². The monoisotopic (exact) mass is 306 g/mol. The summed E-state index contributed by atoms with van der Waals surface area (Å²) in [5.74, 6) is -0.0157. The summed E-state index contributed by atoms with van der Waals surface area (Å²) in [4.78, 5) is 11.9. The van der Waals surface area contributed by atoms with Crippen LogP contribution in [-0.4, -0.2) is 19.0 Å². The van der Waals surface area contributed by atoms with E-state index < -0.39 is 0 Å². The second-order valence-corrected chi connectivity index (χ2v) is 5.98. The summed E-state index contributed by atoms with van der Waals surface area (Å²) in [7, 11) is 0. The molecule has 0 radical (unpaired) electrons. The van der Waals surface area contributed by atoms with E-state index in [1.807, 2.05) is 19.1 Å². The van der Waals surface area contributed by atoms with Crippen LogP contribution in [0.1, 0.15) is 37.7 Å².